The molecular formula is C14H13Br2NO. The van der Waals surface area contributed by atoms with Gasteiger partial charge in [-0.25, -0.2) is 0 Å². The molecule has 0 unspecified atom stereocenters. The molecule has 0 atom stereocenters. The van der Waals surface area contributed by atoms with Crippen molar-refractivity contribution in [3.05, 3.63) is 57.0 Å². The molecule has 2 aromatic carbocycles. The molecule has 0 saturated heterocycles. The van der Waals surface area contributed by atoms with E-state index in [0.29, 0.717) is 6.54 Å². The van der Waals surface area contributed by atoms with E-state index in [1.54, 1.807) is 0 Å². The van der Waals surface area contributed by atoms with Gasteiger partial charge < -0.3 is 10.5 Å². The molecule has 0 aromatic heterocycles. The largest absolute Gasteiger partial charge is 0.456 e. The predicted octanol–water partition coefficient (Wildman–Crippen LogP) is 4.51. The van der Waals surface area contributed by atoms with Gasteiger partial charge >= 0.3 is 0 Å². The first-order valence-electron chi connectivity index (χ1n) is 5.61. The third-order valence-electron chi connectivity index (χ3n) is 2.49. The van der Waals surface area contributed by atoms with Crippen LogP contribution in [0.1, 0.15) is 5.56 Å². The molecule has 0 saturated carbocycles. The summed E-state index contributed by atoms with van der Waals surface area (Å²) in [4.78, 5) is 0. The van der Waals surface area contributed by atoms with Crippen LogP contribution in [-0.2, 0) is 6.42 Å². The fourth-order valence-electron chi connectivity index (χ4n) is 1.64. The number of benzene rings is 2. The normalized spacial score (nSPS) is 10.4. The minimum atomic E-state index is 0.600. The summed E-state index contributed by atoms with van der Waals surface area (Å²) in [6.07, 6.45) is 0.791. The van der Waals surface area contributed by atoms with Gasteiger partial charge in [0.1, 0.15) is 11.5 Å². The van der Waals surface area contributed by atoms with Crippen molar-refractivity contribution < 1.29 is 4.74 Å². The van der Waals surface area contributed by atoms with Crippen molar-refractivity contribution in [1.82, 2.24) is 0 Å². The van der Waals surface area contributed by atoms with Crippen molar-refractivity contribution in [2.75, 3.05) is 6.54 Å². The van der Waals surface area contributed by atoms with Gasteiger partial charge in [0.05, 0.1) is 4.47 Å². The monoisotopic (exact) mass is 369 g/mol. The Morgan fingerprint density at radius 3 is 2.50 bits per heavy atom. The highest BCUT2D eigenvalue weighted by atomic mass is 79.9. The van der Waals surface area contributed by atoms with E-state index in [1.165, 1.54) is 0 Å². The number of hydrogen-bond donors (Lipinski definition) is 1. The summed E-state index contributed by atoms with van der Waals surface area (Å²) >= 11 is 6.93. The molecule has 2 N–H and O–H groups in total. The van der Waals surface area contributed by atoms with Crippen LogP contribution in [0.4, 0.5) is 0 Å². The molecule has 0 radical (unpaired) electrons. The predicted molar refractivity (Wildman–Crippen MR) is 81.1 cm³/mol. The average Bonchev–Trinajstić information content (AvgIpc) is 2.35. The Hall–Kier alpha value is -0.840. The summed E-state index contributed by atoms with van der Waals surface area (Å²) in [6.45, 7) is 0.600. The van der Waals surface area contributed by atoms with Gasteiger partial charge in [0.15, 0.2) is 0 Å². The fourth-order valence-corrected chi connectivity index (χ4v) is 2.42. The molecule has 2 rings (SSSR count). The van der Waals surface area contributed by atoms with Crippen molar-refractivity contribution >= 4 is 31.9 Å². The summed E-state index contributed by atoms with van der Waals surface area (Å²) in [5.41, 5.74) is 6.72. The highest BCUT2D eigenvalue weighted by molar-refractivity contribution is 9.10. The first kappa shape index (κ1) is 13.6. The Kier molecular flexibility index (Phi) is 4.80. The van der Waals surface area contributed by atoms with Crippen molar-refractivity contribution in [1.29, 1.82) is 0 Å². The zero-order chi connectivity index (χ0) is 13.0. The standard InChI is InChI=1S/C14H13Br2NO/c15-11-5-6-13(10(9-11)7-8-17)18-14-4-2-1-3-12(14)16/h1-6,9H,7-8,17H2. The highest BCUT2D eigenvalue weighted by Gasteiger charge is 2.07. The Balaban J connectivity index is 2.31. The van der Waals surface area contributed by atoms with Gasteiger partial charge in [0.25, 0.3) is 0 Å². The number of halogens is 2. The van der Waals surface area contributed by atoms with Crippen LogP contribution in [0.2, 0.25) is 0 Å². The van der Waals surface area contributed by atoms with Crippen LogP contribution in [0.15, 0.2) is 51.4 Å². The second-order valence-electron chi connectivity index (χ2n) is 3.82. The van der Waals surface area contributed by atoms with Crippen LogP contribution < -0.4 is 10.5 Å². The number of ether oxygens (including phenoxy) is 1. The molecule has 0 amide bonds. The first-order chi connectivity index (χ1) is 8.70. The Morgan fingerprint density at radius 2 is 1.78 bits per heavy atom. The lowest BCUT2D eigenvalue weighted by Gasteiger charge is -2.12. The Labute approximate surface area is 123 Å². The number of para-hydroxylation sites is 1. The maximum atomic E-state index is 5.92. The molecule has 0 fully saturated rings. The molecule has 18 heavy (non-hydrogen) atoms. The van der Waals surface area contributed by atoms with Crippen LogP contribution in [-0.4, -0.2) is 6.54 Å². The van der Waals surface area contributed by atoms with Crippen LogP contribution >= 0.6 is 31.9 Å². The molecule has 0 heterocycles. The quantitative estimate of drug-likeness (QED) is 0.859. The van der Waals surface area contributed by atoms with Gasteiger partial charge in [-0.15, -0.1) is 0 Å². The summed E-state index contributed by atoms with van der Waals surface area (Å²) in [6, 6.07) is 13.7. The van der Waals surface area contributed by atoms with Gasteiger partial charge in [-0.3, -0.25) is 0 Å². The molecule has 0 aliphatic carbocycles. The second-order valence-corrected chi connectivity index (χ2v) is 5.59. The third-order valence-corrected chi connectivity index (χ3v) is 3.64. The highest BCUT2D eigenvalue weighted by Crippen LogP contribution is 2.32. The van der Waals surface area contributed by atoms with E-state index in [9.17, 15) is 0 Å². The molecule has 2 nitrogen and oxygen atoms in total. The first-order valence-corrected chi connectivity index (χ1v) is 7.20. The minimum absolute atomic E-state index is 0.600. The topological polar surface area (TPSA) is 35.2 Å². The van der Waals surface area contributed by atoms with Crippen LogP contribution in [0.5, 0.6) is 11.5 Å². The molecule has 0 aliphatic heterocycles. The molecular weight excluding hydrogens is 358 g/mol. The van der Waals surface area contributed by atoms with E-state index in [4.69, 9.17) is 10.5 Å². The second kappa shape index (κ2) is 6.36. The maximum absolute atomic E-state index is 5.92. The van der Waals surface area contributed by atoms with Crippen molar-refractivity contribution in [3.63, 3.8) is 0 Å². The molecule has 0 aliphatic rings. The number of rotatable bonds is 4. The lowest BCUT2D eigenvalue weighted by atomic mass is 10.1. The summed E-state index contributed by atoms with van der Waals surface area (Å²) in [5.74, 6) is 1.65. The van der Waals surface area contributed by atoms with Crippen molar-refractivity contribution in [2.45, 2.75) is 6.42 Å². The van der Waals surface area contributed by atoms with Gasteiger partial charge in [0.2, 0.25) is 0 Å². The van der Waals surface area contributed by atoms with E-state index in [1.807, 2.05) is 42.5 Å². The van der Waals surface area contributed by atoms with Gasteiger partial charge in [-0.05, 0) is 64.8 Å². The lowest BCUT2D eigenvalue weighted by molar-refractivity contribution is 0.473. The lowest BCUT2D eigenvalue weighted by Crippen LogP contribution is -2.04. The zero-order valence-electron chi connectivity index (χ0n) is 9.70. The Bertz CT molecular complexity index is 543. The molecule has 94 valence electrons. The fraction of sp³-hybridized carbons (Fsp3) is 0.143. The van der Waals surface area contributed by atoms with Gasteiger partial charge in [-0.2, -0.15) is 0 Å². The summed E-state index contributed by atoms with van der Waals surface area (Å²) < 4.78 is 7.89. The van der Waals surface area contributed by atoms with E-state index in [2.05, 4.69) is 31.9 Å². The molecule has 0 spiro atoms. The smallest absolute Gasteiger partial charge is 0.141 e. The van der Waals surface area contributed by atoms with Crippen molar-refractivity contribution in [3.8, 4) is 11.5 Å². The number of nitrogens with two attached hydrogens (primary N) is 1. The molecule has 4 heteroatoms. The SMILES string of the molecule is NCCc1cc(Br)ccc1Oc1ccccc1Br. The van der Waals surface area contributed by atoms with E-state index < -0.39 is 0 Å². The minimum Gasteiger partial charge on any atom is -0.456 e. The summed E-state index contributed by atoms with van der Waals surface area (Å²) in [5, 5.41) is 0. The van der Waals surface area contributed by atoms with Crippen LogP contribution in [0.3, 0.4) is 0 Å². The average molecular weight is 371 g/mol. The molecule has 2 aromatic rings. The van der Waals surface area contributed by atoms with Crippen LogP contribution in [0.25, 0.3) is 0 Å². The van der Waals surface area contributed by atoms with Crippen molar-refractivity contribution in [2.24, 2.45) is 5.73 Å². The van der Waals surface area contributed by atoms with Gasteiger partial charge in [0, 0.05) is 4.47 Å². The maximum Gasteiger partial charge on any atom is 0.141 e. The zero-order valence-corrected chi connectivity index (χ0v) is 12.9. The third kappa shape index (κ3) is 3.34. The van der Waals surface area contributed by atoms with Gasteiger partial charge in [-0.1, -0.05) is 28.1 Å². The van der Waals surface area contributed by atoms with Crippen LogP contribution in [0, 0.1) is 0 Å². The number of hydrogen-bond acceptors (Lipinski definition) is 2. The Morgan fingerprint density at radius 1 is 1.00 bits per heavy atom. The summed E-state index contributed by atoms with van der Waals surface area (Å²) in [7, 11) is 0. The van der Waals surface area contributed by atoms with E-state index in [-0.39, 0.29) is 0 Å². The van der Waals surface area contributed by atoms with E-state index in [0.717, 1.165) is 32.4 Å². The molecule has 0 bridgehead atoms. The van der Waals surface area contributed by atoms with E-state index >= 15 is 0 Å².